The first-order valence-corrected chi connectivity index (χ1v) is 8.14. The molecule has 2 aromatic heterocycles. The Morgan fingerprint density at radius 1 is 1.50 bits per heavy atom. The molecule has 2 aromatic rings. The van der Waals surface area contributed by atoms with E-state index in [9.17, 15) is 4.79 Å². The molecule has 7 nitrogen and oxygen atoms in total. The first-order valence-electron chi connectivity index (χ1n) is 8.14. The van der Waals surface area contributed by atoms with Crippen LogP contribution in [0.3, 0.4) is 0 Å². The number of rotatable bonds is 3. The van der Waals surface area contributed by atoms with Gasteiger partial charge in [-0.3, -0.25) is 4.79 Å². The smallest absolute Gasteiger partial charge is 0.223 e. The summed E-state index contributed by atoms with van der Waals surface area (Å²) in [6.45, 7) is 7.75. The number of hydrogen-bond donors (Lipinski definition) is 0. The number of aromatic nitrogens is 3. The number of hydrogen-bond acceptors (Lipinski definition) is 5. The highest BCUT2D eigenvalue weighted by molar-refractivity contribution is 5.76. The zero-order valence-corrected chi connectivity index (χ0v) is 14.2. The van der Waals surface area contributed by atoms with Gasteiger partial charge >= 0.3 is 0 Å². The fraction of sp³-hybridized carbons (Fsp3) is 0.529. The minimum atomic E-state index is 0.0951. The first kappa shape index (κ1) is 16.4. The zero-order valence-electron chi connectivity index (χ0n) is 14.2. The van der Waals surface area contributed by atoms with Crippen LogP contribution in [0.15, 0.2) is 6.20 Å². The summed E-state index contributed by atoms with van der Waals surface area (Å²) in [6, 6.07) is 2.10. The zero-order chi connectivity index (χ0) is 17.3. The molecule has 1 amide bonds. The van der Waals surface area contributed by atoms with Gasteiger partial charge in [-0.15, -0.1) is 0 Å². The number of amides is 1. The molecule has 0 bridgehead atoms. The van der Waals surface area contributed by atoms with Crippen molar-refractivity contribution in [3.05, 3.63) is 28.7 Å². The minimum Gasteiger partial charge on any atom is -0.375 e. The number of fused-ring (bicyclic) bond motifs is 1. The molecular formula is C17H21N5O2. The van der Waals surface area contributed by atoms with Gasteiger partial charge in [-0.25, -0.2) is 9.50 Å². The van der Waals surface area contributed by atoms with Crippen LogP contribution in [-0.4, -0.2) is 51.2 Å². The second-order valence-electron chi connectivity index (χ2n) is 6.19. The highest BCUT2D eigenvalue weighted by Crippen LogP contribution is 2.19. The molecule has 3 rings (SSSR count). The molecule has 0 N–H and O–H groups in total. The van der Waals surface area contributed by atoms with Crippen LogP contribution in [0.4, 0.5) is 0 Å². The Balaban J connectivity index is 1.78. The summed E-state index contributed by atoms with van der Waals surface area (Å²) in [5, 5.41) is 13.4. The van der Waals surface area contributed by atoms with Crippen molar-refractivity contribution in [2.24, 2.45) is 0 Å². The molecule has 1 aliphatic rings. The lowest BCUT2D eigenvalue weighted by atomic mass is 10.1. The molecule has 3 heterocycles. The summed E-state index contributed by atoms with van der Waals surface area (Å²) in [6.07, 6.45) is 2.68. The summed E-state index contributed by atoms with van der Waals surface area (Å²) in [4.78, 5) is 18.8. The van der Waals surface area contributed by atoms with Gasteiger partial charge in [-0.2, -0.15) is 10.4 Å². The van der Waals surface area contributed by atoms with Crippen LogP contribution in [0.1, 0.15) is 35.9 Å². The average Bonchev–Trinajstić information content (AvgIpc) is 2.97. The maximum atomic E-state index is 12.4. The van der Waals surface area contributed by atoms with E-state index in [0.29, 0.717) is 43.7 Å². The van der Waals surface area contributed by atoms with Gasteiger partial charge in [-0.1, -0.05) is 0 Å². The van der Waals surface area contributed by atoms with Crippen molar-refractivity contribution >= 4 is 11.6 Å². The molecule has 126 valence electrons. The molecule has 0 spiro atoms. The molecule has 1 atom stereocenters. The van der Waals surface area contributed by atoms with E-state index < -0.39 is 0 Å². The highest BCUT2D eigenvalue weighted by Gasteiger charge is 2.22. The number of carbonyl (C=O) groups is 1. The van der Waals surface area contributed by atoms with Crippen LogP contribution < -0.4 is 0 Å². The van der Waals surface area contributed by atoms with Crippen molar-refractivity contribution in [2.75, 3.05) is 19.7 Å². The summed E-state index contributed by atoms with van der Waals surface area (Å²) in [7, 11) is 0. The second kappa shape index (κ2) is 6.57. The van der Waals surface area contributed by atoms with E-state index in [1.165, 1.54) is 6.20 Å². The van der Waals surface area contributed by atoms with Crippen molar-refractivity contribution in [1.29, 1.82) is 5.26 Å². The number of nitrogens with zero attached hydrogens (tertiary/aromatic N) is 5. The van der Waals surface area contributed by atoms with E-state index in [4.69, 9.17) is 10.00 Å². The van der Waals surface area contributed by atoms with Crippen LogP contribution in [0.5, 0.6) is 0 Å². The Hall–Kier alpha value is -2.46. The van der Waals surface area contributed by atoms with E-state index in [1.807, 2.05) is 25.7 Å². The van der Waals surface area contributed by atoms with Gasteiger partial charge in [0.05, 0.1) is 18.9 Å². The maximum absolute atomic E-state index is 12.4. The van der Waals surface area contributed by atoms with Crippen LogP contribution in [-0.2, 0) is 16.0 Å². The third kappa shape index (κ3) is 2.97. The lowest BCUT2D eigenvalue weighted by Gasteiger charge is -2.31. The molecule has 24 heavy (non-hydrogen) atoms. The number of carbonyl (C=O) groups excluding carboxylic acids is 1. The number of morpholine rings is 1. The summed E-state index contributed by atoms with van der Waals surface area (Å²) in [5.74, 6) is 0.141. The van der Waals surface area contributed by atoms with Gasteiger partial charge < -0.3 is 9.64 Å². The van der Waals surface area contributed by atoms with Gasteiger partial charge in [0.25, 0.3) is 0 Å². The Bertz CT molecular complexity index is 820. The largest absolute Gasteiger partial charge is 0.375 e. The van der Waals surface area contributed by atoms with Gasteiger partial charge in [-0.05, 0) is 32.8 Å². The van der Waals surface area contributed by atoms with Crippen molar-refractivity contribution in [1.82, 2.24) is 19.5 Å². The molecule has 1 aliphatic heterocycles. The van der Waals surface area contributed by atoms with E-state index in [2.05, 4.69) is 16.2 Å². The fourth-order valence-corrected chi connectivity index (χ4v) is 3.19. The predicted molar refractivity (Wildman–Crippen MR) is 87.5 cm³/mol. The van der Waals surface area contributed by atoms with Crippen molar-refractivity contribution in [2.45, 2.75) is 39.7 Å². The summed E-state index contributed by atoms with van der Waals surface area (Å²) in [5.41, 5.74) is 3.84. The molecule has 0 aromatic carbocycles. The predicted octanol–water partition coefficient (Wildman–Crippen LogP) is 1.40. The number of nitriles is 1. The standard InChI is InChI=1S/C17H21N5O2/c1-11-10-21(6-7-24-11)16(23)5-4-15-12(2)20-17-14(8-18)9-19-22(17)13(15)3/h9,11H,4-7,10H2,1-3H3/t11-/m1/s1. The molecular weight excluding hydrogens is 306 g/mol. The van der Waals surface area contributed by atoms with Crippen molar-refractivity contribution in [3.8, 4) is 6.07 Å². The topological polar surface area (TPSA) is 83.5 Å². The van der Waals surface area contributed by atoms with E-state index in [-0.39, 0.29) is 12.0 Å². The average molecular weight is 327 g/mol. The third-order valence-electron chi connectivity index (χ3n) is 4.51. The van der Waals surface area contributed by atoms with Gasteiger partial charge in [0, 0.05) is 30.9 Å². The van der Waals surface area contributed by atoms with Crippen LogP contribution in [0.2, 0.25) is 0 Å². The fourth-order valence-electron chi connectivity index (χ4n) is 3.19. The minimum absolute atomic E-state index is 0.0951. The molecule has 1 fully saturated rings. The summed E-state index contributed by atoms with van der Waals surface area (Å²) >= 11 is 0. The Morgan fingerprint density at radius 3 is 3.00 bits per heavy atom. The molecule has 0 unspecified atom stereocenters. The number of aryl methyl sites for hydroxylation is 2. The van der Waals surface area contributed by atoms with E-state index >= 15 is 0 Å². The number of ether oxygens (including phenoxy) is 1. The Kier molecular flexibility index (Phi) is 4.49. The monoisotopic (exact) mass is 327 g/mol. The lowest BCUT2D eigenvalue weighted by molar-refractivity contribution is -0.138. The van der Waals surface area contributed by atoms with Crippen molar-refractivity contribution in [3.63, 3.8) is 0 Å². The Labute approximate surface area is 140 Å². The third-order valence-corrected chi connectivity index (χ3v) is 4.51. The van der Waals surface area contributed by atoms with Crippen LogP contribution in [0, 0.1) is 25.2 Å². The van der Waals surface area contributed by atoms with Gasteiger partial charge in [0.2, 0.25) is 5.91 Å². The van der Waals surface area contributed by atoms with Gasteiger partial charge in [0.15, 0.2) is 5.65 Å². The lowest BCUT2D eigenvalue weighted by Crippen LogP contribution is -2.44. The summed E-state index contributed by atoms with van der Waals surface area (Å²) < 4.78 is 7.16. The second-order valence-corrected chi connectivity index (χ2v) is 6.19. The highest BCUT2D eigenvalue weighted by atomic mass is 16.5. The molecule has 0 saturated carbocycles. The molecule has 0 aliphatic carbocycles. The molecule has 0 radical (unpaired) electrons. The SMILES string of the molecule is Cc1nc2c(C#N)cnn2c(C)c1CCC(=O)N1CCO[C@H](C)C1. The molecule has 7 heteroatoms. The quantitative estimate of drug-likeness (QED) is 0.851. The Morgan fingerprint density at radius 2 is 2.29 bits per heavy atom. The maximum Gasteiger partial charge on any atom is 0.223 e. The van der Waals surface area contributed by atoms with Crippen LogP contribution in [0.25, 0.3) is 5.65 Å². The normalized spacial score (nSPS) is 17.9. The first-order chi connectivity index (χ1) is 11.5. The molecule has 1 saturated heterocycles. The van der Waals surface area contributed by atoms with E-state index in [0.717, 1.165) is 17.0 Å². The van der Waals surface area contributed by atoms with Gasteiger partial charge in [0.1, 0.15) is 11.6 Å². The van der Waals surface area contributed by atoms with E-state index in [1.54, 1.807) is 4.52 Å². The van der Waals surface area contributed by atoms with Crippen molar-refractivity contribution < 1.29 is 9.53 Å². The van der Waals surface area contributed by atoms with Crippen LogP contribution >= 0.6 is 0 Å².